The van der Waals surface area contributed by atoms with Gasteiger partial charge in [-0.2, -0.15) is 0 Å². The van der Waals surface area contributed by atoms with Crippen LogP contribution in [0.4, 0.5) is 0 Å². The molecule has 17 heavy (non-hydrogen) atoms. The Hall–Kier alpha value is -1.06. The molecule has 0 aromatic carbocycles. The average Bonchev–Trinajstić information content (AvgIpc) is 2.64. The number of ether oxygens (including phenoxy) is 1. The Balaban J connectivity index is 2.69. The molecule has 1 unspecified atom stereocenters. The molecule has 0 N–H and O–H groups in total. The van der Waals surface area contributed by atoms with Crippen LogP contribution in [0.3, 0.4) is 0 Å². The fraction of sp³-hybridized carbons (Fsp3) is 0.846. The first-order valence-electron chi connectivity index (χ1n) is 6.28. The maximum absolute atomic E-state index is 12.4. The zero-order valence-corrected chi connectivity index (χ0v) is 11.3. The average molecular weight is 241 g/mol. The van der Waals surface area contributed by atoms with Gasteiger partial charge in [0.25, 0.3) is 0 Å². The van der Waals surface area contributed by atoms with Crippen molar-refractivity contribution in [3.8, 4) is 0 Å². The van der Waals surface area contributed by atoms with Crippen molar-refractivity contribution < 1.29 is 14.3 Å². The highest BCUT2D eigenvalue weighted by molar-refractivity contribution is 5.84. The van der Waals surface area contributed by atoms with Gasteiger partial charge in [-0.05, 0) is 25.2 Å². The molecule has 0 heterocycles. The van der Waals surface area contributed by atoms with Crippen LogP contribution >= 0.6 is 0 Å². The summed E-state index contributed by atoms with van der Waals surface area (Å²) in [6.07, 6.45) is 3.11. The lowest BCUT2D eigenvalue weighted by molar-refractivity contribution is -0.149. The summed E-state index contributed by atoms with van der Waals surface area (Å²) in [6.45, 7) is 6.78. The second-order valence-electron chi connectivity index (χ2n) is 5.36. The molecule has 1 saturated carbocycles. The van der Waals surface area contributed by atoms with Gasteiger partial charge < -0.3 is 9.64 Å². The molecule has 0 aliphatic heterocycles. The van der Waals surface area contributed by atoms with Crippen LogP contribution in [0.25, 0.3) is 0 Å². The van der Waals surface area contributed by atoms with E-state index in [2.05, 4.69) is 18.6 Å². The van der Waals surface area contributed by atoms with E-state index in [-0.39, 0.29) is 29.8 Å². The lowest BCUT2D eigenvalue weighted by Gasteiger charge is -2.30. The lowest BCUT2D eigenvalue weighted by Crippen LogP contribution is -2.42. The van der Waals surface area contributed by atoms with Gasteiger partial charge >= 0.3 is 5.97 Å². The molecule has 0 spiro atoms. The number of carbonyl (C=O) groups is 2. The molecule has 0 aromatic rings. The summed E-state index contributed by atoms with van der Waals surface area (Å²) in [5.74, 6) is -0.205. The third-order valence-electron chi connectivity index (χ3n) is 3.80. The van der Waals surface area contributed by atoms with Crippen LogP contribution in [0.15, 0.2) is 0 Å². The third-order valence-corrected chi connectivity index (χ3v) is 3.80. The minimum Gasteiger partial charge on any atom is -0.468 e. The Labute approximate surface area is 103 Å². The molecule has 1 atom stereocenters. The normalized spacial score (nSPS) is 22.2. The summed E-state index contributed by atoms with van der Waals surface area (Å²) < 4.78 is 4.61. The zero-order chi connectivity index (χ0) is 13.1. The van der Waals surface area contributed by atoms with E-state index in [1.165, 1.54) is 7.11 Å². The zero-order valence-electron chi connectivity index (χ0n) is 11.3. The van der Waals surface area contributed by atoms with Gasteiger partial charge in [0.05, 0.1) is 7.11 Å². The number of amides is 1. The van der Waals surface area contributed by atoms with Gasteiger partial charge in [-0.15, -0.1) is 0 Å². The Morgan fingerprint density at radius 1 is 1.41 bits per heavy atom. The van der Waals surface area contributed by atoms with Gasteiger partial charge in [0.2, 0.25) is 5.91 Å². The van der Waals surface area contributed by atoms with E-state index in [0.717, 1.165) is 19.3 Å². The molecule has 0 saturated heterocycles. The van der Waals surface area contributed by atoms with Crippen molar-refractivity contribution in [1.29, 1.82) is 0 Å². The molecule has 1 amide bonds. The summed E-state index contributed by atoms with van der Waals surface area (Å²) in [5, 5.41) is 0. The molecule has 4 nitrogen and oxygen atoms in total. The molecular weight excluding hydrogens is 218 g/mol. The van der Waals surface area contributed by atoms with Gasteiger partial charge in [0.15, 0.2) is 0 Å². The number of nitrogens with zero attached hydrogens (tertiary/aromatic N) is 1. The maximum atomic E-state index is 12.4. The number of methoxy groups -OCH3 is 1. The van der Waals surface area contributed by atoms with Gasteiger partial charge in [0, 0.05) is 12.5 Å². The first kappa shape index (κ1) is 14.0. The van der Waals surface area contributed by atoms with Gasteiger partial charge in [0.1, 0.15) is 6.54 Å². The van der Waals surface area contributed by atoms with Crippen molar-refractivity contribution >= 4 is 11.9 Å². The highest BCUT2D eigenvalue weighted by Gasteiger charge is 2.41. The molecular formula is C13H23NO3. The van der Waals surface area contributed by atoms with Crippen molar-refractivity contribution in [3.05, 3.63) is 0 Å². The first-order valence-corrected chi connectivity index (χ1v) is 6.28. The second-order valence-corrected chi connectivity index (χ2v) is 5.36. The van der Waals surface area contributed by atoms with Crippen LogP contribution in [-0.2, 0) is 14.3 Å². The number of likely N-dealkylation sites (N-methyl/N-ethyl adjacent to an activating group) is 1. The highest BCUT2D eigenvalue weighted by atomic mass is 16.5. The van der Waals surface area contributed by atoms with Crippen molar-refractivity contribution in [2.45, 2.75) is 40.0 Å². The first-order chi connectivity index (χ1) is 7.92. The highest BCUT2D eigenvalue weighted by Crippen LogP contribution is 2.43. The van der Waals surface area contributed by atoms with Crippen LogP contribution in [0.2, 0.25) is 0 Å². The molecule has 0 bridgehead atoms. The molecule has 4 heteroatoms. The van der Waals surface area contributed by atoms with E-state index in [4.69, 9.17) is 0 Å². The Morgan fingerprint density at radius 3 is 2.47 bits per heavy atom. The molecule has 1 aliphatic rings. The maximum Gasteiger partial charge on any atom is 0.325 e. The van der Waals surface area contributed by atoms with E-state index >= 15 is 0 Å². The second kappa shape index (κ2) is 5.52. The topological polar surface area (TPSA) is 46.6 Å². The van der Waals surface area contributed by atoms with Gasteiger partial charge in [-0.3, -0.25) is 9.59 Å². The number of rotatable bonds is 4. The summed E-state index contributed by atoms with van der Waals surface area (Å²) >= 11 is 0. The van der Waals surface area contributed by atoms with Crippen molar-refractivity contribution in [2.75, 3.05) is 20.2 Å². The largest absolute Gasteiger partial charge is 0.468 e. The van der Waals surface area contributed by atoms with Crippen LogP contribution in [0.5, 0.6) is 0 Å². The quantitative estimate of drug-likeness (QED) is 0.705. The smallest absolute Gasteiger partial charge is 0.325 e. The Morgan fingerprint density at radius 2 is 2.06 bits per heavy atom. The predicted octanol–water partition coefficient (Wildman–Crippen LogP) is 1.83. The molecule has 1 aliphatic carbocycles. The van der Waals surface area contributed by atoms with Crippen molar-refractivity contribution in [3.63, 3.8) is 0 Å². The fourth-order valence-corrected chi connectivity index (χ4v) is 2.57. The summed E-state index contributed by atoms with van der Waals surface area (Å²) in [6, 6.07) is 0. The molecule has 1 fully saturated rings. The third kappa shape index (κ3) is 3.20. The Bertz CT molecular complexity index is 299. The van der Waals surface area contributed by atoms with E-state index in [1.54, 1.807) is 4.90 Å². The van der Waals surface area contributed by atoms with Crippen LogP contribution in [0.1, 0.15) is 40.0 Å². The van der Waals surface area contributed by atoms with Crippen LogP contribution in [-0.4, -0.2) is 37.0 Å². The SMILES string of the molecule is CCN(CC(=O)OC)C(=O)C1CCCC1(C)C. The van der Waals surface area contributed by atoms with Gasteiger partial charge in [-0.25, -0.2) is 0 Å². The van der Waals surface area contributed by atoms with E-state index in [0.29, 0.717) is 6.54 Å². The van der Waals surface area contributed by atoms with Crippen molar-refractivity contribution in [2.24, 2.45) is 11.3 Å². The van der Waals surface area contributed by atoms with Gasteiger partial charge in [-0.1, -0.05) is 20.3 Å². The minimum absolute atomic E-state index is 0.0482. The van der Waals surface area contributed by atoms with E-state index in [1.807, 2.05) is 6.92 Å². The van der Waals surface area contributed by atoms with Crippen molar-refractivity contribution in [1.82, 2.24) is 4.90 Å². The van der Waals surface area contributed by atoms with E-state index in [9.17, 15) is 9.59 Å². The Kier molecular flexibility index (Phi) is 4.54. The van der Waals surface area contributed by atoms with Crippen LogP contribution in [0, 0.1) is 11.3 Å². The standard InChI is InChI=1S/C13H23NO3/c1-5-14(9-11(15)17-4)12(16)10-7-6-8-13(10,2)3/h10H,5-9H2,1-4H3. The number of carbonyl (C=O) groups excluding carboxylic acids is 2. The van der Waals surface area contributed by atoms with E-state index < -0.39 is 0 Å². The fourth-order valence-electron chi connectivity index (χ4n) is 2.57. The molecule has 0 radical (unpaired) electrons. The summed E-state index contributed by atoms with van der Waals surface area (Å²) in [7, 11) is 1.35. The number of esters is 1. The number of hydrogen-bond donors (Lipinski definition) is 0. The minimum atomic E-state index is -0.351. The predicted molar refractivity (Wildman–Crippen MR) is 65.4 cm³/mol. The summed E-state index contributed by atoms with van der Waals surface area (Å²) in [5.41, 5.74) is 0.0562. The lowest BCUT2D eigenvalue weighted by atomic mass is 9.81. The van der Waals surface area contributed by atoms with Crippen LogP contribution < -0.4 is 0 Å². The summed E-state index contributed by atoms with van der Waals surface area (Å²) in [4.78, 5) is 25.2. The monoisotopic (exact) mass is 241 g/mol. The number of hydrogen-bond acceptors (Lipinski definition) is 3. The molecule has 0 aromatic heterocycles. The molecule has 98 valence electrons. The molecule has 1 rings (SSSR count).